The van der Waals surface area contributed by atoms with Gasteiger partial charge in [0.25, 0.3) is 0 Å². The lowest BCUT2D eigenvalue weighted by Gasteiger charge is -2.30. The molecule has 5 nitrogen and oxygen atoms in total. The number of anilines is 1. The fourth-order valence-electron chi connectivity index (χ4n) is 4.51. The Morgan fingerprint density at radius 3 is 2.44 bits per heavy atom. The van der Waals surface area contributed by atoms with Crippen molar-refractivity contribution in [2.45, 2.75) is 70.8 Å². The van der Waals surface area contributed by atoms with Gasteiger partial charge in [-0.15, -0.1) is 0 Å². The summed E-state index contributed by atoms with van der Waals surface area (Å²) >= 11 is 0. The van der Waals surface area contributed by atoms with Gasteiger partial charge in [-0.05, 0) is 65.8 Å². The van der Waals surface area contributed by atoms with Gasteiger partial charge in [-0.2, -0.15) is 5.10 Å². The van der Waals surface area contributed by atoms with Gasteiger partial charge >= 0.3 is 0 Å². The minimum Gasteiger partial charge on any atom is -0.312 e. The second-order valence-electron chi connectivity index (χ2n) is 9.71. The molecule has 1 saturated heterocycles. The lowest BCUT2D eigenvalue weighted by molar-refractivity contribution is -0.119. The van der Waals surface area contributed by atoms with Crippen molar-refractivity contribution in [1.29, 1.82) is 0 Å². The summed E-state index contributed by atoms with van der Waals surface area (Å²) in [6, 6.07) is 17.5. The zero-order chi connectivity index (χ0) is 22.6. The topological polar surface area (TPSA) is 51.0 Å². The molecule has 1 atom stereocenters. The molecule has 1 fully saturated rings. The van der Waals surface area contributed by atoms with E-state index in [4.69, 9.17) is 0 Å². The third-order valence-electron chi connectivity index (χ3n) is 6.85. The van der Waals surface area contributed by atoms with Crippen LogP contribution in [0.4, 0.5) is 5.69 Å². The molecule has 1 amide bonds. The number of hydrogen-bond donors (Lipinski definition) is 0. The van der Waals surface area contributed by atoms with Crippen LogP contribution in [-0.4, -0.2) is 27.2 Å². The molecule has 1 aliphatic rings. The monoisotopic (exact) mass is 430 g/mol. The zero-order valence-corrected chi connectivity index (χ0v) is 19.5. The van der Waals surface area contributed by atoms with Gasteiger partial charge in [-0.1, -0.05) is 57.2 Å². The highest BCUT2D eigenvalue weighted by molar-refractivity contribution is 5.93. The minimum absolute atomic E-state index is 0.0890. The van der Waals surface area contributed by atoms with Crippen LogP contribution < -0.4 is 4.90 Å². The lowest BCUT2D eigenvalue weighted by atomic mass is 9.78. The number of rotatable bonds is 8. The predicted octanol–water partition coefficient (Wildman–Crippen LogP) is 5.70. The van der Waals surface area contributed by atoms with Crippen molar-refractivity contribution in [2.24, 2.45) is 0 Å². The van der Waals surface area contributed by atoms with E-state index in [0.29, 0.717) is 12.3 Å². The number of piperidine rings is 1. The molecule has 32 heavy (non-hydrogen) atoms. The van der Waals surface area contributed by atoms with Crippen LogP contribution in [0, 0.1) is 0 Å². The van der Waals surface area contributed by atoms with Gasteiger partial charge in [0.15, 0.2) is 0 Å². The average molecular weight is 431 g/mol. The third-order valence-corrected chi connectivity index (χ3v) is 6.85. The van der Waals surface area contributed by atoms with Crippen LogP contribution in [0.15, 0.2) is 61.2 Å². The number of hydrogen-bond acceptors (Lipinski definition) is 3. The fourth-order valence-corrected chi connectivity index (χ4v) is 4.51. The molecule has 0 radical (unpaired) electrons. The van der Waals surface area contributed by atoms with E-state index < -0.39 is 0 Å². The van der Waals surface area contributed by atoms with Crippen molar-refractivity contribution in [1.82, 2.24) is 14.8 Å². The summed E-state index contributed by atoms with van der Waals surface area (Å²) in [7, 11) is 0. The molecule has 2 aromatic carbocycles. The maximum Gasteiger partial charge on any atom is 0.226 e. The first-order chi connectivity index (χ1) is 15.4. The molecule has 0 N–H and O–H groups in total. The maximum absolute atomic E-state index is 12.2. The van der Waals surface area contributed by atoms with Crippen molar-refractivity contribution >= 4 is 11.6 Å². The molecule has 2 heterocycles. The van der Waals surface area contributed by atoms with Crippen LogP contribution in [0.5, 0.6) is 0 Å². The number of aromatic nitrogens is 3. The smallest absolute Gasteiger partial charge is 0.226 e. The molecule has 4 rings (SSSR count). The van der Waals surface area contributed by atoms with Crippen molar-refractivity contribution in [3.05, 3.63) is 77.9 Å². The Labute approximate surface area is 191 Å². The van der Waals surface area contributed by atoms with E-state index in [9.17, 15) is 4.79 Å². The Bertz CT molecular complexity index is 1010. The molecule has 1 aromatic heterocycles. The Hall–Kier alpha value is -2.95. The van der Waals surface area contributed by atoms with Gasteiger partial charge < -0.3 is 4.90 Å². The van der Waals surface area contributed by atoms with Crippen LogP contribution in [-0.2, 0) is 16.8 Å². The quantitative estimate of drug-likeness (QED) is 0.460. The van der Waals surface area contributed by atoms with Crippen LogP contribution in [0.25, 0.3) is 0 Å². The van der Waals surface area contributed by atoms with Gasteiger partial charge in [-0.25, -0.2) is 9.67 Å². The van der Waals surface area contributed by atoms with E-state index >= 15 is 0 Å². The third kappa shape index (κ3) is 5.26. The standard InChI is InChI=1S/C27H34N4O/c1-21(23-9-7-22(8-10-23)18-30-20-28-19-29-30)15-16-27(2,3)24-11-13-25(14-12-24)31-17-5-4-6-26(31)32/h7-14,19-21H,4-6,15-18H2,1-3H3. The predicted molar refractivity (Wildman–Crippen MR) is 129 cm³/mol. The average Bonchev–Trinajstić information content (AvgIpc) is 3.31. The molecular weight excluding hydrogens is 396 g/mol. The van der Waals surface area contributed by atoms with Gasteiger partial charge in [0.05, 0.1) is 6.54 Å². The van der Waals surface area contributed by atoms with E-state index in [0.717, 1.165) is 44.5 Å². The van der Waals surface area contributed by atoms with Crippen LogP contribution >= 0.6 is 0 Å². The highest BCUT2D eigenvalue weighted by Crippen LogP contribution is 2.34. The fraction of sp³-hybridized carbons (Fsp3) is 0.444. The summed E-state index contributed by atoms with van der Waals surface area (Å²) < 4.78 is 1.84. The number of amides is 1. The summed E-state index contributed by atoms with van der Waals surface area (Å²) in [4.78, 5) is 18.1. The summed E-state index contributed by atoms with van der Waals surface area (Å²) in [6.07, 6.45) is 8.33. The van der Waals surface area contributed by atoms with E-state index in [1.54, 1.807) is 12.7 Å². The number of nitrogens with zero attached hydrogens (tertiary/aromatic N) is 4. The second-order valence-corrected chi connectivity index (χ2v) is 9.71. The van der Waals surface area contributed by atoms with Crippen molar-refractivity contribution in [2.75, 3.05) is 11.4 Å². The molecule has 1 aliphatic heterocycles. The second kappa shape index (κ2) is 9.68. The van der Waals surface area contributed by atoms with Crippen LogP contribution in [0.3, 0.4) is 0 Å². The Morgan fingerprint density at radius 2 is 1.78 bits per heavy atom. The SMILES string of the molecule is CC(CCC(C)(C)c1ccc(N2CCCCC2=O)cc1)c1ccc(Cn2cncn2)cc1. The minimum atomic E-state index is 0.0890. The summed E-state index contributed by atoms with van der Waals surface area (Å²) in [5.74, 6) is 0.754. The van der Waals surface area contributed by atoms with Gasteiger partial charge in [-0.3, -0.25) is 4.79 Å². The van der Waals surface area contributed by atoms with E-state index in [1.807, 2.05) is 9.58 Å². The van der Waals surface area contributed by atoms with Crippen LogP contribution in [0.1, 0.15) is 75.5 Å². The maximum atomic E-state index is 12.2. The van der Waals surface area contributed by atoms with E-state index in [2.05, 4.69) is 79.4 Å². The zero-order valence-electron chi connectivity index (χ0n) is 19.5. The molecule has 3 aromatic rings. The number of carbonyl (C=O) groups is 1. The molecule has 168 valence electrons. The summed E-state index contributed by atoms with van der Waals surface area (Å²) in [6.45, 7) is 8.55. The van der Waals surface area contributed by atoms with Gasteiger partial charge in [0, 0.05) is 18.7 Å². The van der Waals surface area contributed by atoms with Crippen LogP contribution in [0.2, 0.25) is 0 Å². The van der Waals surface area contributed by atoms with Crippen molar-refractivity contribution < 1.29 is 4.79 Å². The molecule has 0 saturated carbocycles. The highest BCUT2D eigenvalue weighted by Gasteiger charge is 2.24. The molecule has 0 spiro atoms. The van der Waals surface area contributed by atoms with E-state index in [1.165, 1.54) is 16.7 Å². The number of carbonyl (C=O) groups excluding carboxylic acids is 1. The normalized spacial score (nSPS) is 15.7. The molecular formula is C27H34N4O. The first-order valence-corrected chi connectivity index (χ1v) is 11.7. The van der Waals surface area contributed by atoms with Crippen molar-refractivity contribution in [3.63, 3.8) is 0 Å². The summed E-state index contributed by atoms with van der Waals surface area (Å²) in [5.41, 5.74) is 5.07. The Morgan fingerprint density at radius 1 is 1.03 bits per heavy atom. The Kier molecular flexibility index (Phi) is 6.73. The number of benzene rings is 2. The van der Waals surface area contributed by atoms with Crippen molar-refractivity contribution in [3.8, 4) is 0 Å². The molecule has 1 unspecified atom stereocenters. The molecule has 0 bridgehead atoms. The first-order valence-electron chi connectivity index (χ1n) is 11.7. The largest absolute Gasteiger partial charge is 0.312 e. The van der Waals surface area contributed by atoms with E-state index in [-0.39, 0.29) is 11.3 Å². The van der Waals surface area contributed by atoms with Gasteiger partial charge in [0.2, 0.25) is 5.91 Å². The highest BCUT2D eigenvalue weighted by atomic mass is 16.2. The molecule has 0 aliphatic carbocycles. The lowest BCUT2D eigenvalue weighted by Crippen LogP contribution is -2.35. The summed E-state index contributed by atoms with van der Waals surface area (Å²) in [5, 5.41) is 4.18. The molecule has 5 heteroatoms. The Balaban J connectivity index is 1.34. The van der Waals surface area contributed by atoms with Gasteiger partial charge in [0.1, 0.15) is 12.7 Å². The first kappa shape index (κ1) is 22.3.